The van der Waals surface area contributed by atoms with Gasteiger partial charge in [0, 0.05) is 65.1 Å². The molecule has 2 heterocycles. The van der Waals surface area contributed by atoms with Gasteiger partial charge in [-0.15, -0.1) is 24.0 Å². The number of aromatic nitrogens is 1. The maximum Gasteiger partial charge on any atom is 0.194 e. The van der Waals surface area contributed by atoms with Gasteiger partial charge in [-0.3, -0.25) is 4.90 Å². The van der Waals surface area contributed by atoms with E-state index in [9.17, 15) is 0 Å². The number of pyridine rings is 1. The molecule has 1 aromatic heterocycles. The standard InChI is InChI=1S/C22H32N6.HI/c1-4-23-22(25-17-20-11-8-12-24-21(20)26(2)3)28-15-13-27(14-16-28)18-19-9-6-5-7-10-19;/h5-12H,4,13-18H2,1-3H3,(H,23,25);1H. The Hall–Kier alpha value is -1.87. The third kappa shape index (κ3) is 6.85. The van der Waals surface area contributed by atoms with Crippen LogP contribution >= 0.6 is 24.0 Å². The van der Waals surface area contributed by atoms with Gasteiger partial charge in [0.15, 0.2) is 5.96 Å². The summed E-state index contributed by atoms with van der Waals surface area (Å²) < 4.78 is 0. The summed E-state index contributed by atoms with van der Waals surface area (Å²) >= 11 is 0. The van der Waals surface area contributed by atoms with E-state index < -0.39 is 0 Å². The van der Waals surface area contributed by atoms with Gasteiger partial charge in [-0.1, -0.05) is 36.4 Å². The topological polar surface area (TPSA) is 47.0 Å². The average molecular weight is 508 g/mol. The number of anilines is 1. The lowest BCUT2D eigenvalue weighted by atomic mass is 10.2. The average Bonchev–Trinajstić information content (AvgIpc) is 2.73. The molecular weight excluding hydrogens is 475 g/mol. The lowest BCUT2D eigenvalue weighted by molar-refractivity contribution is 0.172. The Labute approximate surface area is 192 Å². The van der Waals surface area contributed by atoms with Crippen LogP contribution in [-0.2, 0) is 13.1 Å². The first-order valence-electron chi connectivity index (χ1n) is 10.1. The molecule has 1 aromatic carbocycles. The monoisotopic (exact) mass is 508 g/mol. The molecule has 3 rings (SSSR count). The van der Waals surface area contributed by atoms with Crippen molar-refractivity contribution < 1.29 is 0 Å². The Morgan fingerprint density at radius 3 is 2.45 bits per heavy atom. The van der Waals surface area contributed by atoms with Crippen molar-refractivity contribution in [1.82, 2.24) is 20.1 Å². The summed E-state index contributed by atoms with van der Waals surface area (Å²) in [6.45, 7) is 8.73. The Morgan fingerprint density at radius 2 is 1.79 bits per heavy atom. The van der Waals surface area contributed by atoms with Crippen molar-refractivity contribution in [3.05, 3.63) is 59.8 Å². The predicted molar refractivity (Wildman–Crippen MR) is 132 cm³/mol. The van der Waals surface area contributed by atoms with Crippen LogP contribution in [0, 0.1) is 0 Å². The fourth-order valence-corrected chi connectivity index (χ4v) is 3.50. The summed E-state index contributed by atoms with van der Waals surface area (Å²) in [5, 5.41) is 3.46. The molecule has 1 N–H and O–H groups in total. The third-order valence-electron chi connectivity index (χ3n) is 4.95. The second-order valence-electron chi connectivity index (χ2n) is 7.30. The third-order valence-corrected chi connectivity index (χ3v) is 4.95. The van der Waals surface area contributed by atoms with Gasteiger partial charge in [-0.2, -0.15) is 0 Å². The summed E-state index contributed by atoms with van der Waals surface area (Å²) in [7, 11) is 4.04. The quantitative estimate of drug-likeness (QED) is 0.370. The summed E-state index contributed by atoms with van der Waals surface area (Å²) in [6, 6.07) is 14.8. The van der Waals surface area contributed by atoms with E-state index in [2.05, 4.69) is 63.4 Å². The molecule has 7 heteroatoms. The van der Waals surface area contributed by atoms with Gasteiger partial charge in [0.2, 0.25) is 0 Å². The molecule has 1 aliphatic heterocycles. The Bertz CT molecular complexity index is 757. The number of halogens is 1. The highest BCUT2D eigenvalue weighted by Gasteiger charge is 2.19. The lowest BCUT2D eigenvalue weighted by Crippen LogP contribution is -2.52. The minimum absolute atomic E-state index is 0. The zero-order chi connectivity index (χ0) is 19.8. The molecule has 158 valence electrons. The normalized spacial score (nSPS) is 15.0. The number of nitrogens with zero attached hydrogens (tertiary/aromatic N) is 5. The summed E-state index contributed by atoms with van der Waals surface area (Å²) in [6.07, 6.45) is 1.83. The highest BCUT2D eigenvalue weighted by Crippen LogP contribution is 2.16. The van der Waals surface area contributed by atoms with Crippen molar-refractivity contribution >= 4 is 35.8 Å². The second kappa shape index (κ2) is 12.0. The molecule has 1 saturated heterocycles. The van der Waals surface area contributed by atoms with Crippen molar-refractivity contribution in [3.8, 4) is 0 Å². The van der Waals surface area contributed by atoms with E-state index in [1.54, 1.807) is 0 Å². The van der Waals surface area contributed by atoms with Crippen LogP contribution in [0.15, 0.2) is 53.7 Å². The highest BCUT2D eigenvalue weighted by atomic mass is 127. The summed E-state index contributed by atoms with van der Waals surface area (Å²) in [5.74, 6) is 1.98. The number of guanidine groups is 1. The van der Waals surface area contributed by atoms with Gasteiger partial charge < -0.3 is 15.1 Å². The van der Waals surface area contributed by atoms with Gasteiger partial charge in [-0.25, -0.2) is 9.98 Å². The van der Waals surface area contributed by atoms with E-state index in [1.807, 2.05) is 31.3 Å². The molecule has 0 spiro atoms. The van der Waals surface area contributed by atoms with Crippen molar-refractivity contribution in [1.29, 1.82) is 0 Å². The zero-order valence-corrected chi connectivity index (χ0v) is 20.0. The Kier molecular flexibility index (Phi) is 9.66. The number of piperazine rings is 1. The first kappa shape index (κ1) is 23.4. The van der Waals surface area contributed by atoms with Crippen LogP contribution in [0.2, 0.25) is 0 Å². The molecule has 0 atom stereocenters. The fourth-order valence-electron chi connectivity index (χ4n) is 3.50. The number of hydrogen-bond donors (Lipinski definition) is 1. The number of benzene rings is 1. The van der Waals surface area contributed by atoms with Crippen LogP contribution in [0.3, 0.4) is 0 Å². The first-order chi connectivity index (χ1) is 13.7. The van der Waals surface area contributed by atoms with Crippen molar-refractivity contribution in [3.63, 3.8) is 0 Å². The summed E-state index contributed by atoms with van der Waals surface area (Å²) in [4.78, 5) is 16.3. The van der Waals surface area contributed by atoms with Crippen molar-refractivity contribution in [2.75, 3.05) is 51.7 Å². The highest BCUT2D eigenvalue weighted by molar-refractivity contribution is 14.0. The van der Waals surface area contributed by atoms with Gasteiger partial charge in [0.1, 0.15) is 5.82 Å². The van der Waals surface area contributed by atoms with Gasteiger partial charge in [-0.05, 0) is 18.6 Å². The minimum Gasteiger partial charge on any atom is -0.362 e. The van der Waals surface area contributed by atoms with Gasteiger partial charge in [0.25, 0.3) is 0 Å². The molecule has 0 saturated carbocycles. The molecule has 29 heavy (non-hydrogen) atoms. The zero-order valence-electron chi connectivity index (χ0n) is 17.7. The maximum absolute atomic E-state index is 4.91. The molecule has 0 aliphatic carbocycles. The molecule has 2 aromatic rings. The van der Waals surface area contributed by atoms with E-state index in [4.69, 9.17) is 4.99 Å². The van der Waals surface area contributed by atoms with Crippen molar-refractivity contribution in [2.24, 2.45) is 4.99 Å². The van der Waals surface area contributed by atoms with Crippen LogP contribution in [-0.4, -0.2) is 67.6 Å². The molecule has 1 aliphatic rings. The number of hydrogen-bond acceptors (Lipinski definition) is 4. The van der Waals surface area contributed by atoms with E-state index >= 15 is 0 Å². The fraction of sp³-hybridized carbons (Fsp3) is 0.455. The Balaban J connectivity index is 0.00000300. The largest absolute Gasteiger partial charge is 0.362 e. The lowest BCUT2D eigenvalue weighted by Gasteiger charge is -2.36. The number of aliphatic imine (C=N–C) groups is 1. The van der Waals surface area contributed by atoms with Crippen LogP contribution in [0.1, 0.15) is 18.1 Å². The number of nitrogens with one attached hydrogen (secondary N) is 1. The van der Waals surface area contributed by atoms with E-state index in [0.29, 0.717) is 6.54 Å². The molecular formula is C22H33IN6. The number of rotatable bonds is 6. The molecule has 0 unspecified atom stereocenters. The maximum atomic E-state index is 4.91. The molecule has 6 nitrogen and oxygen atoms in total. The molecule has 0 radical (unpaired) electrons. The smallest absolute Gasteiger partial charge is 0.194 e. The predicted octanol–water partition coefficient (Wildman–Crippen LogP) is 3.05. The minimum atomic E-state index is 0. The van der Waals surface area contributed by atoms with E-state index in [0.717, 1.165) is 56.6 Å². The summed E-state index contributed by atoms with van der Waals surface area (Å²) in [5.41, 5.74) is 2.52. The van der Waals surface area contributed by atoms with Crippen LogP contribution in [0.25, 0.3) is 0 Å². The van der Waals surface area contributed by atoms with Gasteiger partial charge in [0.05, 0.1) is 6.54 Å². The molecule has 0 bridgehead atoms. The SMILES string of the molecule is CCNC(=NCc1cccnc1N(C)C)N1CCN(Cc2ccccc2)CC1.I. The Morgan fingerprint density at radius 1 is 1.07 bits per heavy atom. The first-order valence-corrected chi connectivity index (χ1v) is 10.1. The molecule has 0 amide bonds. The van der Waals surface area contributed by atoms with E-state index in [1.165, 1.54) is 5.56 Å². The van der Waals surface area contributed by atoms with E-state index in [-0.39, 0.29) is 24.0 Å². The van der Waals surface area contributed by atoms with Crippen LogP contribution in [0.4, 0.5) is 5.82 Å². The van der Waals surface area contributed by atoms with Crippen molar-refractivity contribution in [2.45, 2.75) is 20.0 Å². The van der Waals surface area contributed by atoms with Gasteiger partial charge >= 0.3 is 0 Å². The second-order valence-corrected chi connectivity index (χ2v) is 7.30. The van der Waals surface area contributed by atoms with Crippen LogP contribution < -0.4 is 10.2 Å². The molecule has 1 fully saturated rings. The van der Waals surface area contributed by atoms with Crippen LogP contribution in [0.5, 0.6) is 0 Å².